The molecule has 44 heavy (non-hydrogen) atoms. The highest BCUT2D eigenvalue weighted by molar-refractivity contribution is 6.32. The third-order valence-electron chi connectivity index (χ3n) is 8.57. The van der Waals surface area contributed by atoms with Crippen LogP contribution in [0.3, 0.4) is 0 Å². The van der Waals surface area contributed by atoms with E-state index in [0.29, 0.717) is 44.0 Å². The number of hydrogen-bond donors (Lipinski definition) is 2. The van der Waals surface area contributed by atoms with Gasteiger partial charge in [-0.25, -0.2) is 9.59 Å². The van der Waals surface area contributed by atoms with Crippen LogP contribution in [0.2, 0.25) is 5.02 Å². The molecule has 1 atom stereocenters. The van der Waals surface area contributed by atoms with Crippen molar-refractivity contribution in [3.8, 4) is 5.75 Å². The largest absolute Gasteiger partial charge is 0.506 e. The topological polar surface area (TPSA) is 115 Å². The molecule has 0 aliphatic carbocycles. The Morgan fingerprint density at radius 1 is 1.11 bits per heavy atom. The molecule has 232 valence electrons. The zero-order valence-corrected chi connectivity index (χ0v) is 25.6. The van der Waals surface area contributed by atoms with Gasteiger partial charge >= 0.3 is 12.1 Å². The molecule has 11 heteroatoms. The van der Waals surface area contributed by atoms with Crippen LogP contribution in [0.5, 0.6) is 5.75 Å². The Bertz CT molecular complexity index is 1470. The number of benzene rings is 2. The lowest BCUT2D eigenvalue weighted by Crippen LogP contribution is -2.50. The SMILES string of the molecule is CN1CCC(C=C=C=NC(=O)[C@@H](Cc2ccc(O)c(Cl)c2)OC(=O)N2CCC(N3CCc4ccccc4NC3=O)CC2)CC1. The van der Waals surface area contributed by atoms with Gasteiger partial charge in [-0.3, -0.25) is 4.79 Å². The van der Waals surface area contributed by atoms with Crippen LogP contribution >= 0.6 is 11.6 Å². The normalized spacial score (nSPS) is 18.6. The first-order valence-electron chi connectivity index (χ1n) is 15.1. The number of likely N-dealkylation sites (tertiary alicyclic amines) is 2. The maximum absolute atomic E-state index is 13.2. The van der Waals surface area contributed by atoms with Crippen molar-refractivity contribution in [3.63, 3.8) is 0 Å². The summed E-state index contributed by atoms with van der Waals surface area (Å²) in [5.74, 6) is 2.19. The van der Waals surface area contributed by atoms with E-state index in [1.807, 2.05) is 35.2 Å². The summed E-state index contributed by atoms with van der Waals surface area (Å²) in [5.41, 5.74) is 5.42. The summed E-state index contributed by atoms with van der Waals surface area (Å²) in [4.78, 5) is 48.9. The highest BCUT2D eigenvalue weighted by Crippen LogP contribution is 2.27. The quantitative estimate of drug-likeness (QED) is 0.351. The first-order valence-corrected chi connectivity index (χ1v) is 15.5. The number of piperidine rings is 2. The molecule has 5 rings (SSSR count). The molecule has 10 nitrogen and oxygen atoms in total. The number of phenols is 1. The van der Waals surface area contributed by atoms with Crippen LogP contribution in [0, 0.1) is 5.92 Å². The zero-order valence-electron chi connectivity index (χ0n) is 24.9. The molecule has 0 spiro atoms. The number of allylic oxidation sites excluding steroid dienone is 1. The smallest absolute Gasteiger partial charge is 0.410 e. The second-order valence-corrected chi connectivity index (χ2v) is 12.0. The van der Waals surface area contributed by atoms with E-state index in [9.17, 15) is 19.5 Å². The monoisotopic (exact) mass is 619 g/mol. The van der Waals surface area contributed by atoms with E-state index in [0.717, 1.165) is 43.6 Å². The van der Waals surface area contributed by atoms with Gasteiger partial charge in [0.15, 0.2) is 6.10 Å². The molecule has 2 saturated heterocycles. The minimum absolute atomic E-state index is 0.0176. The van der Waals surface area contributed by atoms with Gasteiger partial charge in [0.25, 0.3) is 5.91 Å². The number of urea groups is 1. The maximum Gasteiger partial charge on any atom is 0.410 e. The molecule has 2 aromatic carbocycles. The number of hydrogen-bond acceptors (Lipinski definition) is 6. The highest BCUT2D eigenvalue weighted by Gasteiger charge is 2.33. The van der Waals surface area contributed by atoms with E-state index < -0.39 is 18.1 Å². The van der Waals surface area contributed by atoms with E-state index in [2.05, 4.69) is 33.9 Å². The van der Waals surface area contributed by atoms with Crippen LogP contribution in [-0.2, 0) is 22.4 Å². The molecule has 0 bridgehead atoms. The fraction of sp³-hybridized carbons (Fsp3) is 0.455. The molecule has 2 aromatic rings. The highest BCUT2D eigenvalue weighted by atomic mass is 35.5. The van der Waals surface area contributed by atoms with Crippen LogP contribution in [0.1, 0.15) is 36.8 Å². The summed E-state index contributed by atoms with van der Waals surface area (Å²) in [5, 5.41) is 12.9. The van der Waals surface area contributed by atoms with Crippen molar-refractivity contribution in [2.75, 3.05) is 45.1 Å². The minimum atomic E-state index is -1.21. The lowest BCUT2D eigenvalue weighted by molar-refractivity contribution is -0.126. The summed E-state index contributed by atoms with van der Waals surface area (Å²) < 4.78 is 5.71. The number of aromatic hydroxyl groups is 1. The summed E-state index contributed by atoms with van der Waals surface area (Å²) in [6.45, 7) is 3.37. The average molecular weight is 620 g/mol. The third-order valence-corrected chi connectivity index (χ3v) is 8.87. The number of nitrogens with zero attached hydrogens (tertiary/aromatic N) is 4. The van der Waals surface area contributed by atoms with Gasteiger partial charge in [0.1, 0.15) is 5.75 Å². The maximum atomic E-state index is 13.2. The zero-order chi connectivity index (χ0) is 31.1. The Hall–Kier alpha value is -4.07. The van der Waals surface area contributed by atoms with Crippen molar-refractivity contribution in [2.45, 2.75) is 50.7 Å². The Labute approximate surface area is 262 Å². The molecule has 0 unspecified atom stereocenters. The van der Waals surface area contributed by atoms with Crippen molar-refractivity contribution in [1.82, 2.24) is 14.7 Å². The lowest BCUT2D eigenvalue weighted by atomic mass is 9.97. The number of anilines is 1. The number of amides is 4. The number of para-hydroxylation sites is 1. The van der Waals surface area contributed by atoms with E-state index >= 15 is 0 Å². The van der Waals surface area contributed by atoms with Gasteiger partial charge in [0.2, 0.25) is 0 Å². The number of aliphatic imine (C=N–C) groups is 1. The molecule has 0 aromatic heterocycles. The summed E-state index contributed by atoms with van der Waals surface area (Å²) in [7, 11) is 2.09. The van der Waals surface area contributed by atoms with Crippen LogP contribution in [-0.4, -0.2) is 95.6 Å². The fourth-order valence-electron chi connectivity index (χ4n) is 5.87. The number of rotatable bonds is 6. The fourth-order valence-corrected chi connectivity index (χ4v) is 6.08. The van der Waals surface area contributed by atoms with Gasteiger partial charge < -0.3 is 29.9 Å². The van der Waals surface area contributed by atoms with Gasteiger partial charge in [-0.15, -0.1) is 0 Å². The Balaban J connectivity index is 1.21. The number of halogens is 1. The lowest BCUT2D eigenvalue weighted by Gasteiger charge is -2.37. The molecule has 0 saturated carbocycles. The van der Waals surface area contributed by atoms with Crippen molar-refractivity contribution in [1.29, 1.82) is 0 Å². The summed E-state index contributed by atoms with van der Waals surface area (Å²) >= 11 is 6.08. The Kier molecular flexibility index (Phi) is 10.4. The number of phenolic OH excluding ortho intramolecular Hbond substituents is 1. The van der Waals surface area contributed by atoms with E-state index in [1.165, 1.54) is 12.1 Å². The van der Waals surface area contributed by atoms with Gasteiger partial charge in [-0.05, 0) is 93.6 Å². The first-order chi connectivity index (χ1) is 21.3. The predicted octanol–water partition coefficient (Wildman–Crippen LogP) is 4.90. The van der Waals surface area contributed by atoms with Crippen molar-refractivity contribution in [2.24, 2.45) is 10.9 Å². The molecule has 3 heterocycles. The Morgan fingerprint density at radius 3 is 2.61 bits per heavy atom. The molecule has 2 N–H and O–H groups in total. The summed E-state index contributed by atoms with van der Waals surface area (Å²) in [6, 6.07) is 12.2. The van der Waals surface area contributed by atoms with Gasteiger partial charge in [0, 0.05) is 43.7 Å². The average Bonchev–Trinajstić information content (AvgIpc) is 3.19. The van der Waals surface area contributed by atoms with Crippen LogP contribution in [0.15, 0.2) is 59.3 Å². The van der Waals surface area contributed by atoms with Crippen molar-refractivity contribution >= 4 is 41.2 Å². The van der Waals surface area contributed by atoms with E-state index in [-0.39, 0.29) is 29.3 Å². The molecule has 2 fully saturated rings. The molecule has 0 radical (unpaired) electrons. The van der Waals surface area contributed by atoms with Crippen LogP contribution in [0.4, 0.5) is 15.3 Å². The number of carbonyl (C=O) groups excluding carboxylic acids is 3. The van der Waals surface area contributed by atoms with Gasteiger partial charge in [0.05, 0.1) is 5.02 Å². The van der Waals surface area contributed by atoms with E-state index in [1.54, 1.807) is 11.0 Å². The molecular formula is C33H38ClN5O5. The predicted molar refractivity (Wildman–Crippen MR) is 168 cm³/mol. The first kappa shape index (κ1) is 31.4. The van der Waals surface area contributed by atoms with Crippen LogP contribution in [0.25, 0.3) is 0 Å². The molecule has 4 amide bonds. The van der Waals surface area contributed by atoms with Crippen molar-refractivity contribution in [3.05, 3.63) is 70.4 Å². The molecule has 3 aliphatic rings. The number of nitrogens with one attached hydrogen (secondary N) is 1. The molecule has 3 aliphatic heterocycles. The molecular weight excluding hydrogens is 582 g/mol. The minimum Gasteiger partial charge on any atom is -0.506 e. The van der Waals surface area contributed by atoms with Crippen LogP contribution < -0.4 is 5.32 Å². The van der Waals surface area contributed by atoms with E-state index in [4.69, 9.17) is 16.3 Å². The number of ether oxygens (including phenoxy) is 1. The number of carbonyl (C=O) groups is 3. The van der Waals surface area contributed by atoms with Crippen molar-refractivity contribution < 1.29 is 24.2 Å². The van der Waals surface area contributed by atoms with Gasteiger partial charge in [-0.2, -0.15) is 4.99 Å². The standard InChI is InChI=1S/C33H38ClN5O5/c1-37-16-10-23(11-17-37)5-4-15-35-31(41)30(22-24-8-9-29(40)27(34)21-24)44-33(43)38-18-13-26(14-19-38)39-20-12-25-6-2-3-7-28(25)36-32(39)42/h2-3,5-9,21,23,26,30,40H,10-14,16-20,22H2,1H3,(H,36,42)/t30-/m1/s1. The number of fused-ring (bicyclic) bond motifs is 1. The second-order valence-electron chi connectivity index (χ2n) is 11.6. The second kappa shape index (κ2) is 14.6. The Morgan fingerprint density at radius 2 is 1.86 bits per heavy atom. The summed E-state index contributed by atoms with van der Waals surface area (Å²) in [6.07, 6.45) is 4.03. The third kappa shape index (κ3) is 8.10. The van der Waals surface area contributed by atoms with Gasteiger partial charge in [-0.1, -0.05) is 41.6 Å².